The van der Waals surface area contributed by atoms with Crippen molar-refractivity contribution >= 4 is 17.6 Å². The summed E-state index contributed by atoms with van der Waals surface area (Å²) in [5.41, 5.74) is -0.609. The molecule has 0 bridgehead atoms. The number of hydrogen-bond donors (Lipinski definition) is 1. The van der Waals surface area contributed by atoms with E-state index in [1.165, 1.54) is 18.2 Å². The lowest BCUT2D eigenvalue weighted by Gasteiger charge is -2.09. The molecule has 0 fully saturated rings. The minimum Gasteiger partial charge on any atom is -0.479 e. The Labute approximate surface area is 139 Å². The molecule has 2 aromatic rings. The number of carbonyl (C=O) groups excluding carboxylic acids is 2. The van der Waals surface area contributed by atoms with Crippen LogP contribution in [0.4, 0.5) is 23.2 Å². The minimum absolute atomic E-state index is 0.173. The lowest BCUT2D eigenvalue weighted by atomic mass is 10.3. The summed E-state index contributed by atoms with van der Waals surface area (Å²) >= 11 is 0. The number of esters is 1. The number of hydrogen-bond acceptors (Lipinski definition) is 4. The first-order valence-electron chi connectivity index (χ1n) is 6.84. The highest BCUT2D eigenvalue weighted by molar-refractivity contribution is 5.93. The van der Waals surface area contributed by atoms with Gasteiger partial charge >= 0.3 is 5.97 Å². The SMILES string of the molecule is O=C(COC(=O)COc1ccccc1F)Nc1ccc(F)c(F)c1F. The molecule has 0 aliphatic heterocycles. The van der Waals surface area contributed by atoms with E-state index in [1.807, 2.05) is 5.32 Å². The Morgan fingerprint density at radius 2 is 1.60 bits per heavy atom. The predicted molar refractivity (Wildman–Crippen MR) is 77.8 cm³/mol. The molecule has 0 aromatic heterocycles. The van der Waals surface area contributed by atoms with Gasteiger partial charge in [-0.25, -0.2) is 22.4 Å². The molecule has 0 atom stereocenters. The van der Waals surface area contributed by atoms with Gasteiger partial charge < -0.3 is 14.8 Å². The molecule has 1 N–H and O–H groups in total. The number of para-hydroxylation sites is 1. The van der Waals surface area contributed by atoms with Gasteiger partial charge in [0.1, 0.15) is 0 Å². The highest BCUT2D eigenvalue weighted by Gasteiger charge is 2.16. The van der Waals surface area contributed by atoms with Gasteiger partial charge in [0.15, 0.2) is 42.2 Å². The number of nitrogens with one attached hydrogen (secondary N) is 1. The summed E-state index contributed by atoms with van der Waals surface area (Å²) < 4.78 is 61.8. The van der Waals surface area contributed by atoms with E-state index in [4.69, 9.17) is 4.74 Å². The van der Waals surface area contributed by atoms with E-state index >= 15 is 0 Å². The first kappa shape index (κ1) is 18.2. The number of rotatable bonds is 6. The van der Waals surface area contributed by atoms with Crippen LogP contribution in [0.5, 0.6) is 5.75 Å². The first-order valence-corrected chi connectivity index (χ1v) is 6.84. The zero-order valence-corrected chi connectivity index (χ0v) is 12.5. The average molecular weight is 357 g/mol. The quantitative estimate of drug-likeness (QED) is 0.491. The van der Waals surface area contributed by atoms with Crippen LogP contribution in [0.15, 0.2) is 36.4 Å². The molecular formula is C16H11F4NO4. The van der Waals surface area contributed by atoms with Crippen LogP contribution in [0, 0.1) is 23.3 Å². The standard InChI is InChI=1S/C16H11F4NO4/c17-9-3-1-2-4-12(9)24-8-14(23)25-7-13(22)21-11-6-5-10(18)15(19)16(11)20/h1-6H,7-8H2,(H,21,22). The Bertz CT molecular complexity index is 798. The molecule has 9 heteroatoms. The summed E-state index contributed by atoms with van der Waals surface area (Å²) in [6, 6.07) is 6.79. The van der Waals surface area contributed by atoms with E-state index in [2.05, 4.69) is 4.74 Å². The molecule has 5 nitrogen and oxygen atoms in total. The second-order valence-electron chi connectivity index (χ2n) is 4.65. The largest absolute Gasteiger partial charge is 0.479 e. The molecular weight excluding hydrogens is 346 g/mol. The molecule has 0 unspecified atom stereocenters. The molecule has 0 aliphatic rings. The number of amides is 1. The zero-order chi connectivity index (χ0) is 18.4. The van der Waals surface area contributed by atoms with Gasteiger partial charge in [0.05, 0.1) is 5.69 Å². The van der Waals surface area contributed by atoms with Crippen LogP contribution in [0.25, 0.3) is 0 Å². The van der Waals surface area contributed by atoms with Crippen molar-refractivity contribution in [2.24, 2.45) is 0 Å². The maximum atomic E-state index is 13.4. The van der Waals surface area contributed by atoms with Gasteiger partial charge in [0.25, 0.3) is 5.91 Å². The van der Waals surface area contributed by atoms with Gasteiger partial charge in [-0.3, -0.25) is 4.79 Å². The molecule has 1 amide bonds. The van der Waals surface area contributed by atoms with Gasteiger partial charge in [-0.2, -0.15) is 0 Å². The van der Waals surface area contributed by atoms with Gasteiger partial charge in [-0.15, -0.1) is 0 Å². The van der Waals surface area contributed by atoms with Gasteiger partial charge in [-0.1, -0.05) is 12.1 Å². The van der Waals surface area contributed by atoms with E-state index in [1.54, 1.807) is 0 Å². The van der Waals surface area contributed by atoms with Crippen LogP contribution in [0.3, 0.4) is 0 Å². The Balaban J connectivity index is 1.81. The summed E-state index contributed by atoms with van der Waals surface area (Å²) in [6.07, 6.45) is 0. The zero-order valence-electron chi connectivity index (χ0n) is 12.5. The molecule has 0 spiro atoms. The number of halogens is 4. The fourth-order valence-corrected chi connectivity index (χ4v) is 1.69. The van der Waals surface area contributed by atoms with Crippen LogP contribution < -0.4 is 10.1 Å². The van der Waals surface area contributed by atoms with Crippen molar-refractivity contribution < 1.29 is 36.6 Å². The van der Waals surface area contributed by atoms with Gasteiger partial charge in [0.2, 0.25) is 0 Å². The van der Waals surface area contributed by atoms with Crippen LogP contribution in [0.1, 0.15) is 0 Å². The molecule has 0 heterocycles. The number of benzene rings is 2. The normalized spacial score (nSPS) is 10.2. The van der Waals surface area contributed by atoms with Crippen LogP contribution in [0.2, 0.25) is 0 Å². The highest BCUT2D eigenvalue weighted by Crippen LogP contribution is 2.19. The Kier molecular flexibility index (Phi) is 5.93. The van der Waals surface area contributed by atoms with Crippen molar-refractivity contribution in [3.8, 4) is 5.75 Å². The molecule has 0 aliphatic carbocycles. The second kappa shape index (κ2) is 8.13. The lowest BCUT2D eigenvalue weighted by Crippen LogP contribution is -2.24. The third kappa shape index (κ3) is 4.93. The van der Waals surface area contributed by atoms with Gasteiger partial charge in [0, 0.05) is 0 Å². The van der Waals surface area contributed by atoms with E-state index < -0.39 is 54.0 Å². The summed E-state index contributed by atoms with van der Waals surface area (Å²) in [5.74, 6) is -7.55. The van der Waals surface area contributed by atoms with Crippen molar-refractivity contribution in [1.29, 1.82) is 0 Å². The maximum absolute atomic E-state index is 13.4. The number of carbonyl (C=O) groups is 2. The number of anilines is 1. The van der Waals surface area contributed by atoms with Crippen molar-refractivity contribution in [2.45, 2.75) is 0 Å². The molecule has 2 aromatic carbocycles. The molecule has 0 saturated heterocycles. The highest BCUT2D eigenvalue weighted by atomic mass is 19.2. The summed E-state index contributed by atoms with van der Waals surface area (Å²) in [7, 11) is 0. The topological polar surface area (TPSA) is 64.6 Å². The Morgan fingerprint density at radius 1 is 0.880 bits per heavy atom. The van der Waals surface area contributed by atoms with Gasteiger partial charge in [-0.05, 0) is 24.3 Å². The van der Waals surface area contributed by atoms with Crippen molar-refractivity contribution in [1.82, 2.24) is 0 Å². The Morgan fingerprint density at radius 3 is 2.32 bits per heavy atom. The molecule has 0 radical (unpaired) electrons. The van der Waals surface area contributed by atoms with E-state index in [0.717, 1.165) is 12.1 Å². The van der Waals surface area contributed by atoms with Crippen molar-refractivity contribution in [3.63, 3.8) is 0 Å². The second-order valence-corrected chi connectivity index (χ2v) is 4.65. The van der Waals surface area contributed by atoms with Crippen LogP contribution in [-0.2, 0) is 14.3 Å². The minimum atomic E-state index is -1.74. The molecule has 2 rings (SSSR count). The lowest BCUT2D eigenvalue weighted by molar-refractivity contribution is -0.149. The smallest absolute Gasteiger partial charge is 0.344 e. The first-order chi connectivity index (χ1) is 11.9. The number of ether oxygens (including phenoxy) is 2. The van der Waals surface area contributed by atoms with E-state index in [0.29, 0.717) is 6.07 Å². The summed E-state index contributed by atoms with van der Waals surface area (Å²) in [4.78, 5) is 22.9. The predicted octanol–water partition coefficient (Wildman–Crippen LogP) is 2.80. The third-order valence-corrected chi connectivity index (χ3v) is 2.86. The molecule has 132 valence electrons. The average Bonchev–Trinajstić information content (AvgIpc) is 2.60. The van der Waals surface area contributed by atoms with Crippen molar-refractivity contribution in [2.75, 3.05) is 18.5 Å². The third-order valence-electron chi connectivity index (χ3n) is 2.86. The monoisotopic (exact) mass is 357 g/mol. The summed E-state index contributed by atoms with van der Waals surface area (Å²) in [6.45, 7) is -1.48. The fourth-order valence-electron chi connectivity index (χ4n) is 1.69. The summed E-state index contributed by atoms with van der Waals surface area (Å²) in [5, 5.41) is 1.92. The molecule has 25 heavy (non-hydrogen) atoms. The van der Waals surface area contributed by atoms with E-state index in [9.17, 15) is 27.2 Å². The maximum Gasteiger partial charge on any atom is 0.344 e. The molecule has 0 saturated carbocycles. The fraction of sp³-hybridized carbons (Fsp3) is 0.125. The van der Waals surface area contributed by atoms with Crippen LogP contribution >= 0.6 is 0 Å². The Hall–Kier alpha value is -3.10. The van der Waals surface area contributed by atoms with Crippen molar-refractivity contribution in [3.05, 3.63) is 59.7 Å². The van der Waals surface area contributed by atoms with E-state index in [-0.39, 0.29) is 5.75 Å². The van der Waals surface area contributed by atoms with Crippen LogP contribution in [-0.4, -0.2) is 25.1 Å².